The number of phenols is 1. The highest BCUT2D eigenvalue weighted by Crippen LogP contribution is 2.32. The van der Waals surface area contributed by atoms with Crippen molar-refractivity contribution in [2.75, 3.05) is 7.11 Å². The number of hydrogen-bond acceptors (Lipinski definition) is 4. The Morgan fingerprint density at radius 1 is 1.23 bits per heavy atom. The van der Waals surface area contributed by atoms with Crippen LogP contribution in [0.2, 0.25) is 5.02 Å². The lowest BCUT2D eigenvalue weighted by Gasteiger charge is -2.09. The molecule has 3 aromatic rings. The summed E-state index contributed by atoms with van der Waals surface area (Å²) in [6, 6.07) is 14.4. The van der Waals surface area contributed by atoms with Crippen LogP contribution in [0.3, 0.4) is 0 Å². The lowest BCUT2D eigenvalue weighted by atomic mass is 10.1. The number of fused-ring (bicyclic) bond motifs is 1. The number of nitrogens with one attached hydrogen (secondary N) is 1. The van der Waals surface area contributed by atoms with Crippen molar-refractivity contribution in [3.8, 4) is 11.5 Å². The molecule has 0 aromatic heterocycles. The molecule has 0 aliphatic carbocycles. The first-order valence-electron chi connectivity index (χ1n) is 7.58. The smallest absolute Gasteiger partial charge is 0.275 e. The number of phenolic OH excluding ortho intramolecular Hbond substituents is 1. The zero-order chi connectivity index (χ0) is 18.7. The average Bonchev–Trinajstić information content (AvgIpc) is 2.64. The lowest BCUT2D eigenvalue weighted by Crippen LogP contribution is -2.18. The van der Waals surface area contributed by atoms with Crippen molar-refractivity contribution in [2.45, 2.75) is 0 Å². The lowest BCUT2D eigenvalue weighted by molar-refractivity contribution is 0.0952. The van der Waals surface area contributed by atoms with Gasteiger partial charge in [0.1, 0.15) is 11.5 Å². The summed E-state index contributed by atoms with van der Waals surface area (Å²) in [4.78, 5) is 12.5. The molecule has 3 aromatic carbocycles. The Labute approximate surface area is 163 Å². The Morgan fingerprint density at radius 3 is 2.58 bits per heavy atom. The maximum atomic E-state index is 12.5. The molecule has 26 heavy (non-hydrogen) atoms. The number of halogens is 2. The molecule has 0 bridgehead atoms. The van der Waals surface area contributed by atoms with E-state index >= 15 is 0 Å². The Bertz CT molecular complexity index is 998. The van der Waals surface area contributed by atoms with Crippen molar-refractivity contribution in [1.29, 1.82) is 0 Å². The summed E-state index contributed by atoms with van der Waals surface area (Å²) in [5.41, 5.74) is 3.47. The van der Waals surface area contributed by atoms with Crippen LogP contribution in [0.5, 0.6) is 11.5 Å². The fraction of sp³-hybridized carbons (Fsp3) is 0.0526. The normalized spacial score (nSPS) is 11.0. The van der Waals surface area contributed by atoms with Crippen LogP contribution in [-0.2, 0) is 0 Å². The van der Waals surface area contributed by atoms with Crippen molar-refractivity contribution in [3.05, 3.63) is 69.2 Å². The fourth-order valence-corrected chi connectivity index (χ4v) is 3.27. The molecule has 1 amide bonds. The van der Waals surface area contributed by atoms with E-state index in [2.05, 4.69) is 26.5 Å². The summed E-state index contributed by atoms with van der Waals surface area (Å²) in [5, 5.41) is 15.7. The number of ether oxygens (including phenoxy) is 1. The third-order valence-corrected chi connectivity index (χ3v) is 4.62. The summed E-state index contributed by atoms with van der Waals surface area (Å²) >= 11 is 9.10. The van der Waals surface area contributed by atoms with E-state index < -0.39 is 5.91 Å². The van der Waals surface area contributed by atoms with Crippen LogP contribution in [0, 0.1) is 0 Å². The quantitative estimate of drug-likeness (QED) is 0.461. The van der Waals surface area contributed by atoms with Crippen LogP contribution in [0.4, 0.5) is 0 Å². The zero-order valence-corrected chi connectivity index (χ0v) is 16.0. The first-order valence-corrected chi connectivity index (χ1v) is 8.75. The third-order valence-electron chi connectivity index (χ3n) is 3.73. The van der Waals surface area contributed by atoms with Crippen LogP contribution in [0.25, 0.3) is 10.8 Å². The fourth-order valence-electron chi connectivity index (χ4n) is 2.45. The van der Waals surface area contributed by atoms with Crippen molar-refractivity contribution in [2.24, 2.45) is 5.10 Å². The molecule has 7 heteroatoms. The summed E-state index contributed by atoms with van der Waals surface area (Å²) in [6.07, 6.45) is 1.43. The van der Waals surface area contributed by atoms with E-state index in [0.29, 0.717) is 21.3 Å². The highest BCUT2D eigenvalue weighted by atomic mass is 79.9. The molecule has 2 N–H and O–H groups in total. The molecule has 0 atom stereocenters. The van der Waals surface area contributed by atoms with Crippen molar-refractivity contribution >= 4 is 50.4 Å². The van der Waals surface area contributed by atoms with Gasteiger partial charge in [-0.15, -0.1) is 0 Å². The standard InChI is InChI=1S/C19H14BrClN2O3/c1-26-17-9-13-5-3-2-4-12(13)8-14(17)19(25)23-22-10-11-6-15(20)18(24)16(21)7-11/h2-10,24H,1H3,(H,23,25)/b22-10-. The van der Waals surface area contributed by atoms with E-state index in [1.54, 1.807) is 12.1 Å². The molecule has 0 saturated heterocycles. The molecule has 132 valence electrons. The molecule has 0 heterocycles. The van der Waals surface area contributed by atoms with Gasteiger partial charge in [0.2, 0.25) is 0 Å². The number of carbonyl (C=O) groups excluding carboxylic acids is 1. The van der Waals surface area contributed by atoms with Gasteiger partial charge in [-0.1, -0.05) is 35.9 Å². The maximum absolute atomic E-state index is 12.5. The maximum Gasteiger partial charge on any atom is 0.275 e. The Morgan fingerprint density at radius 2 is 1.92 bits per heavy atom. The monoisotopic (exact) mass is 432 g/mol. The van der Waals surface area contributed by atoms with Crippen LogP contribution < -0.4 is 10.2 Å². The van der Waals surface area contributed by atoms with E-state index in [9.17, 15) is 9.90 Å². The number of aromatic hydroxyl groups is 1. The van der Waals surface area contributed by atoms with Gasteiger partial charge in [-0.05, 0) is 56.5 Å². The topological polar surface area (TPSA) is 70.9 Å². The predicted octanol–water partition coefficient (Wildman–Crippen LogP) is 4.73. The number of benzene rings is 3. The number of amides is 1. The van der Waals surface area contributed by atoms with Gasteiger partial charge in [0.15, 0.2) is 0 Å². The molecule has 0 aliphatic heterocycles. The molecule has 3 rings (SSSR count). The van der Waals surface area contributed by atoms with Gasteiger partial charge in [-0.25, -0.2) is 5.43 Å². The van der Waals surface area contributed by atoms with Gasteiger partial charge < -0.3 is 9.84 Å². The minimum atomic E-state index is -0.396. The molecular weight excluding hydrogens is 420 g/mol. The second kappa shape index (κ2) is 7.76. The SMILES string of the molecule is COc1cc2ccccc2cc1C(=O)N/N=C\c1cc(Cl)c(O)c(Br)c1. The predicted molar refractivity (Wildman–Crippen MR) is 106 cm³/mol. The second-order valence-corrected chi connectivity index (χ2v) is 6.69. The summed E-state index contributed by atoms with van der Waals surface area (Å²) in [5.74, 6) is 0.0216. The van der Waals surface area contributed by atoms with Crippen molar-refractivity contribution < 1.29 is 14.6 Å². The number of hydrazone groups is 1. The molecule has 0 unspecified atom stereocenters. The average molecular weight is 434 g/mol. The largest absolute Gasteiger partial charge is 0.505 e. The van der Waals surface area contributed by atoms with Gasteiger partial charge >= 0.3 is 0 Å². The van der Waals surface area contributed by atoms with Crippen LogP contribution >= 0.6 is 27.5 Å². The minimum Gasteiger partial charge on any atom is -0.505 e. The number of carbonyl (C=O) groups is 1. The van der Waals surface area contributed by atoms with E-state index in [4.69, 9.17) is 16.3 Å². The molecule has 0 saturated carbocycles. The second-order valence-electron chi connectivity index (χ2n) is 5.43. The van der Waals surface area contributed by atoms with Gasteiger partial charge in [0.05, 0.1) is 28.4 Å². The molecular formula is C19H14BrClN2O3. The van der Waals surface area contributed by atoms with Crippen LogP contribution in [0.15, 0.2) is 58.1 Å². The third kappa shape index (κ3) is 3.81. The minimum absolute atomic E-state index is 0.0475. The molecule has 0 aliphatic rings. The number of rotatable bonds is 4. The molecule has 0 spiro atoms. The zero-order valence-electron chi connectivity index (χ0n) is 13.7. The van der Waals surface area contributed by atoms with E-state index in [0.717, 1.165) is 10.8 Å². The molecule has 5 nitrogen and oxygen atoms in total. The van der Waals surface area contributed by atoms with Gasteiger partial charge in [-0.2, -0.15) is 5.10 Å². The Balaban J connectivity index is 1.83. The van der Waals surface area contributed by atoms with Gasteiger partial charge in [0.25, 0.3) is 5.91 Å². The number of hydrogen-bond donors (Lipinski definition) is 2. The number of nitrogens with zero attached hydrogens (tertiary/aromatic N) is 1. The van der Waals surface area contributed by atoms with Crippen LogP contribution in [-0.4, -0.2) is 24.3 Å². The van der Waals surface area contributed by atoms with E-state index in [1.807, 2.05) is 30.3 Å². The van der Waals surface area contributed by atoms with Crippen molar-refractivity contribution in [3.63, 3.8) is 0 Å². The van der Waals surface area contributed by atoms with Gasteiger partial charge in [0, 0.05) is 0 Å². The molecule has 0 radical (unpaired) electrons. The first kappa shape index (κ1) is 18.2. The highest BCUT2D eigenvalue weighted by Gasteiger charge is 2.13. The van der Waals surface area contributed by atoms with E-state index in [-0.39, 0.29) is 10.8 Å². The summed E-state index contributed by atoms with van der Waals surface area (Å²) < 4.78 is 5.76. The Hall–Kier alpha value is -2.57. The first-order chi connectivity index (χ1) is 12.5. The Kier molecular flexibility index (Phi) is 5.44. The van der Waals surface area contributed by atoms with Crippen molar-refractivity contribution in [1.82, 2.24) is 5.43 Å². The van der Waals surface area contributed by atoms with E-state index in [1.165, 1.54) is 19.4 Å². The highest BCUT2D eigenvalue weighted by molar-refractivity contribution is 9.10. The van der Waals surface area contributed by atoms with Gasteiger partial charge in [-0.3, -0.25) is 4.79 Å². The molecule has 0 fully saturated rings. The number of methoxy groups -OCH3 is 1. The van der Waals surface area contributed by atoms with Crippen LogP contribution in [0.1, 0.15) is 15.9 Å². The summed E-state index contributed by atoms with van der Waals surface area (Å²) in [7, 11) is 1.51. The summed E-state index contributed by atoms with van der Waals surface area (Å²) in [6.45, 7) is 0.